The third kappa shape index (κ3) is 22.4. The van der Waals surface area contributed by atoms with Crippen molar-refractivity contribution in [1.82, 2.24) is 15.6 Å². The molecule has 1 fully saturated rings. The number of carbonyl (C=O) groups is 3. The van der Waals surface area contributed by atoms with Crippen LogP contribution >= 0.6 is 8.17 Å². The van der Waals surface area contributed by atoms with Gasteiger partial charge in [0.1, 0.15) is 43.7 Å². The number of aliphatic hydroxyl groups is 5. The van der Waals surface area contributed by atoms with Crippen molar-refractivity contribution in [2.75, 3.05) is 31.6 Å². The van der Waals surface area contributed by atoms with E-state index in [1.54, 1.807) is 6.07 Å². The topological polar surface area (TPSA) is 336 Å². The maximum atomic E-state index is 12.8. The largest absolute Gasteiger partial charge is 0.606 e. The fraction of sp³-hybridized carbons (Fsp3) is 0.800. The molecule has 1 saturated carbocycles. The molecular formula is C45H77N5O17P+. The number of phosphoric ester groups is 1. The number of esters is 2. The Morgan fingerprint density at radius 1 is 0.691 bits per heavy atom. The molecule has 68 heavy (non-hydrogen) atoms. The molecule has 1 amide bonds. The Balaban J connectivity index is 1.32. The predicted molar refractivity (Wildman–Crippen MR) is 246 cm³/mol. The predicted octanol–water partition coefficient (Wildman–Crippen LogP) is 4.64. The number of nitrogens with zero attached hydrogens (tertiary/aromatic N) is 3. The molecule has 9 N–H and O–H groups in total. The monoisotopic (exact) mass is 991 g/mol. The lowest BCUT2D eigenvalue weighted by molar-refractivity contribution is -0.728. The quantitative estimate of drug-likeness (QED) is 0.0191. The normalized spacial score (nSPS) is 20.7. The van der Waals surface area contributed by atoms with Crippen LogP contribution in [0.15, 0.2) is 16.8 Å². The Hall–Kier alpha value is -3.70. The van der Waals surface area contributed by atoms with Gasteiger partial charge in [0.25, 0.3) is 4.92 Å². The summed E-state index contributed by atoms with van der Waals surface area (Å²) in [4.78, 5) is 72.0. The molecule has 22 nitrogen and oxygen atoms in total. The Morgan fingerprint density at radius 3 is 1.78 bits per heavy atom. The molecule has 0 bridgehead atoms. The summed E-state index contributed by atoms with van der Waals surface area (Å²) in [5.41, 5.74) is 0.932. The Morgan fingerprint density at radius 2 is 1.19 bits per heavy atom. The van der Waals surface area contributed by atoms with E-state index in [-0.39, 0.29) is 34.9 Å². The number of phosphoric acid groups is 1. The third-order valence-corrected chi connectivity index (χ3v) is 12.8. The average molecular weight is 991 g/mol. The van der Waals surface area contributed by atoms with Crippen molar-refractivity contribution in [2.24, 2.45) is 0 Å². The molecule has 388 valence electrons. The first-order chi connectivity index (χ1) is 32.6. The summed E-state index contributed by atoms with van der Waals surface area (Å²) in [6.45, 7) is 1.86. The Bertz CT molecular complexity index is 1740. The zero-order chi connectivity index (χ0) is 49.7. The maximum absolute atomic E-state index is 12.8. The SMILES string of the molecule is CCCCCCCCCCCCCCCCCC(=O)O[C@H](COC(=O)CCCCCNC(=O)CCCCCNc1ccc([N+](=O)O)c2nonc12)CO[P+]([O-])(O)OC1[C@@H](O)[C@H](O)C(O)[C@H](O)[C@@H]1O. The number of ether oxygens (including phenoxy) is 2. The minimum absolute atomic E-state index is 0.000443. The molecule has 1 heterocycles. The number of carbonyl (C=O) groups excluding carboxylic acids is 3. The van der Waals surface area contributed by atoms with Gasteiger partial charge in [0.15, 0.2) is 17.7 Å². The molecule has 0 saturated heterocycles. The summed E-state index contributed by atoms with van der Waals surface area (Å²) >= 11 is 0. The lowest BCUT2D eigenvalue weighted by Crippen LogP contribution is -2.64. The van der Waals surface area contributed by atoms with Gasteiger partial charge in [0.2, 0.25) is 11.4 Å². The van der Waals surface area contributed by atoms with Crippen LogP contribution in [0.3, 0.4) is 0 Å². The van der Waals surface area contributed by atoms with Crippen LogP contribution in [-0.2, 0) is 32.9 Å². The third-order valence-electron chi connectivity index (χ3n) is 11.8. The van der Waals surface area contributed by atoms with Crippen LogP contribution in [0.2, 0.25) is 0 Å². The van der Waals surface area contributed by atoms with Gasteiger partial charge < -0.3 is 50.5 Å². The van der Waals surface area contributed by atoms with E-state index in [2.05, 4.69) is 27.9 Å². The summed E-state index contributed by atoms with van der Waals surface area (Å²) in [5, 5.41) is 72.9. The van der Waals surface area contributed by atoms with Gasteiger partial charge >= 0.3 is 25.8 Å². The first kappa shape index (κ1) is 58.6. The van der Waals surface area contributed by atoms with E-state index >= 15 is 0 Å². The van der Waals surface area contributed by atoms with Crippen molar-refractivity contribution in [2.45, 2.75) is 204 Å². The molecule has 1 aliphatic carbocycles. The molecule has 1 aromatic heterocycles. The number of hydrogen-bond donors (Lipinski definition) is 9. The molecule has 3 unspecified atom stereocenters. The highest BCUT2D eigenvalue weighted by Crippen LogP contribution is 2.50. The van der Waals surface area contributed by atoms with E-state index in [0.717, 1.165) is 38.5 Å². The zero-order valence-electron chi connectivity index (χ0n) is 39.5. The van der Waals surface area contributed by atoms with E-state index < -0.39 is 76.1 Å². The lowest BCUT2D eigenvalue weighted by Gasteiger charge is -2.41. The van der Waals surface area contributed by atoms with Gasteiger partial charge in [0.05, 0.1) is 10.6 Å². The number of rotatable bonds is 38. The van der Waals surface area contributed by atoms with Crippen LogP contribution in [0.1, 0.15) is 161 Å². The number of amides is 1. The highest BCUT2D eigenvalue weighted by Gasteiger charge is 2.53. The van der Waals surface area contributed by atoms with E-state index in [4.69, 9.17) is 23.2 Å². The van der Waals surface area contributed by atoms with Gasteiger partial charge in [-0.25, -0.2) is 9.84 Å². The smallest absolute Gasteiger partial charge is 0.377 e. The maximum Gasteiger partial charge on any atom is 0.377 e. The molecule has 0 radical (unpaired) electrons. The summed E-state index contributed by atoms with van der Waals surface area (Å²) in [5.74, 6) is -1.39. The van der Waals surface area contributed by atoms with E-state index in [9.17, 15) is 59.8 Å². The Kier molecular flexibility index (Phi) is 28.4. The van der Waals surface area contributed by atoms with Gasteiger partial charge in [0, 0.05) is 38.4 Å². The molecule has 0 spiro atoms. The molecule has 0 aliphatic heterocycles. The fourth-order valence-corrected chi connectivity index (χ4v) is 8.76. The number of aromatic nitrogens is 2. The number of benzene rings is 1. The number of aliphatic hydroxyl groups excluding tert-OH is 5. The number of fused-ring (bicyclic) bond motifs is 1. The summed E-state index contributed by atoms with van der Waals surface area (Å²) < 4.78 is 25.3. The first-order valence-electron chi connectivity index (χ1n) is 24.5. The van der Waals surface area contributed by atoms with Gasteiger partial charge in [-0.05, 0) is 48.5 Å². The molecule has 1 aliphatic rings. The number of unbranched alkanes of at least 4 members (excludes halogenated alkanes) is 18. The van der Waals surface area contributed by atoms with Crippen molar-refractivity contribution >= 4 is 48.4 Å². The van der Waals surface area contributed by atoms with E-state index in [1.165, 1.54) is 70.3 Å². The second kappa shape index (κ2) is 33.0. The van der Waals surface area contributed by atoms with Gasteiger partial charge in [-0.2, -0.15) is 13.9 Å². The Labute approximate surface area is 398 Å². The number of nitrogens with one attached hydrogen (secondary N) is 2. The first-order valence-corrected chi connectivity index (χ1v) is 26.0. The second-order valence-corrected chi connectivity index (χ2v) is 19.0. The molecule has 2 aromatic rings. The van der Waals surface area contributed by atoms with E-state index in [1.807, 2.05) is 0 Å². The van der Waals surface area contributed by atoms with Crippen molar-refractivity contribution in [3.8, 4) is 0 Å². The molecule has 3 rings (SSSR count). The van der Waals surface area contributed by atoms with Gasteiger partial charge in [-0.1, -0.05) is 110 Å². The van der Waals surface area contributed by atoms with Crippen molar-refractivity contribution in [3.63, 3.8) is 0 Å². The van der Waals surface area contributed by atoms with E-state index in [0.29, 0.717) is 62.8 Å². The zero-order valence-corrected chi connectivity index (χ0v) is 40.4. The molecule has 23 heteroatoms. The second-order valence-electron chi connectivity index (χ2n) is 17.5. The summed E-state index contributed by atoms with van der Waals surface area (Å²) in [6.07, 6.45) is 7.94. The molecule has 8 atom stereocenters. The molecule has 1 aromatic carbocycles. The number of hydrogen-bond acceptors (Lipinski definition) is 19. The van der Waals surface area contributed by atoms with Crippen molar-refractivity contribution < 1.29 is 83.0 Å². The summed E-state index contributed by atoms with van der Waals surface area (Å²) in [6, 6.07) is 2.98. The van der Waals surface area contributed by atoms with Crippen molar-refractivity contribution in [1.29, 1.82) is 0 Å². The van der Waals surface area contributed by atoms with Crippen LogP contribution < -0.4 is 15.5 Å². The highest BCUT2D eigenvalue weighted by atomic mass is 31.2. The van der Waals surface area contributed by atoms with Gasteiger partial charge in [-0.15, -0.1) is 0 Å². The standard InChI is InChI=1S/C45H76N5O17P/c1-2-3-4-5-6-7-8-9-10-11-12-13-14-15-19-25-37(53)65-32(31-64-68(61,62)66-45-43(57)41(55)40(54)42(56)44(45)58)30-63-36(52)24-20-17-22-29-47-35(51)23-18-16-21-28-46-33-26-27-34(50(59)60)39-38(33)48-67-49-39/h26-27,32,40-45,54-58H,2-25,28-31H2,1H3,(H3-,46,47,49,51,59,60,61,62)/p+1/t32-,40?,41-,42+,43+,44+,45?/m1/s1. The molecular weight excluding hydrogens is 913 g/mol. The minimum Gasteiger partial charge on any atom is -0.606 e. The average Bonchev–Trinajstić information content (AvgIpc) is 3.81. The van der Waals surface area contributed by atoms with Crippen molar-refractivity contribution in [3.05, 3.63) is 17.0 Å². The summed E-state index contributed by atoms with van der Waals surface area (Å²) in [7, 11) is -5.18. The number of anilines is 1. The highest BCUT2D eigenvalue weighted by molar-refractivity contribution is 7.52. The van der Waals surface area contributed by atoms with Gasteiger partial charge in [-0.3, -0.25) is 14.4 Å². The fourth-order valence-electron chi connectivity index (χ4n) is 7.79. The van der Waals surface area contributed by atoms with Crippen LogP contribution in [0.25, 0.3) is 11.0 Å². The minimum atomic E-state index is -5.18. The van der Waals surface area contributed by atoms with Crippen LogP contribution in [-0.4, -0.2) is 138 Å². The van der Waals surface area contributed by atoms with Crippen LogP contribution in [0.5, 0.6) is 0 Å². The van der Waals surface area contributed by atoms with Crippen LogP contribution in [0, 0.1) is 4.91 Å². The van der Waals surface area contributed by atoms with Crippen LogP contribution in [0.4, 0.5) is 11.4 Å². The lowest BCUT2D eigenvalue weighted by atomic mass is 9.85.